The van der Waals surface area contributed by atoms with E-state index in [9.17, 15) is 5.11 Å². The highest BCUT2D eigenvalue weighted by atomic mass is 16.3. The standard InChI is InChI=1S/C13H24N4O/c1-11(2)7-17-10-16-6-12(17)5-15-9-13(18)3-4-14-8-13/h6,10-11,14-15,18H,3-5,7-9H2,1-2H3. The Morgan fingerprint density at radius 2 is 2.44 bits per heavy atom. The Kier molecular flexibility index (Phi) is 4.37. The average Bonchev–Trinajstić information content (AvgIpc) is 2.89. The van der Waals surface area contributed by atoms with E-state index < -0.39 is 5.60 Å². The van der Waals surface area contributed by atoms with Crippen molar-refractivity contribution in [2.45, 2.75) is 39.0 Å². The van der Waals surface area contributed by atoms with Crippen molar-refractivity contribution in [3.8, 4) is 0 Å². The van der Waals surface area contributed by atoms with E-state index in [1.165, 1.54) is 5.69 Å². The molecule has 1 aliphatic heterocycles. The van der Waals surface area contributed by atoms with Crippen molar-refractivity contribution in [3.63, 3.8) is 0 Å². The van der Waals surface area contributed by atoms with E-state index in [2.05, 4.69) is 34.0 Å². The Labute approximate surface area is 109 Å². The third-order valence-electron chi connectivity index (χ3n) is 3.34. The van der Waals surface area contributed by atoms with Gasteiger partial charge in [0.1, 0.15) is 0 Å². The molecule has 1 saturated heterocycles. The number of aromatic nitrogens is 2. The van der Waals surface area contributed by atoms with E-state index in [0.717, 1.165) is 26.1 Å². The monoisotopic (exact) mass is 252 g/mol. The van der Waals surface area contributed by atoms with Crippen LogP contribution in [0.15, 0.2) is 12.5 Å². The van der Waals surface area contributed by atoms with Crippen LogP contribution in [0.2, 0.25) is 0 Å². The lowest BCUT2D eigenvalue weighted by molar-refractivity contribution is 0.0607. The highest BCUT2D eigenvalue weighted by Crippen LogP contribution is 2.13. The molecule has 18 heavy (non-hydrogen) atoms. The van der Waals surface area contributed by atoms with Gasteiger partial charge >= 0.3 is 0 Å². The van der Waals surface area contributed by atoms with Gasteiger partial charge in [0.15, 0.2) is 0 Å². The summed E-state index contributed by atoms with van der Waals surface area (Å²) in [5, 5.41) is 16.7. The fourth-order valence-electron chi connectivity index (χ4n) is 2.36. The fraction of sp³-hybridized carbons (Fsp3) is 0.769. The van der Waals surface area contributed by atoms with E-state index in [0.29, 0.717) is 19.0 Å². The van der Waals surface area contributed by atoms with E-state index in [-0.39, 0.29) is 0 Å². The molecule has 0 aromatic carbocycles. The molecular formula is C13H24N4O. The van der Waals surface area contributed by atoms with Crippen LogP contribution in [0.25, 0.3) is 0 Å². The van der Waals surface area contributed by atoms with Crippen LogP contribution in [0, 0.1) is 5.92 Å². The summed E-state index contributed by atoms with van der Waals surface area (Å²) in [4.78, 5) is 4.19. The van der Waals surface area contributed by atoms with Crippen molar-refractivity contribution >= 4 is 0 Å². The number of nitrogens with one attached hydrogen (secondary N) is 2. The highest BCUT2D eigenvalue weighted by Gasteiger charge is 2.30. The second-order valence-corrected chi connectivity index (χ2v) is 5.69. The number of β-amino-alcohol motifs (C(OH)–C–C–N with tert-alkyl or cyclic N) is 1. The van der Waals surface area contributed by atoms with Gasteiger partial charge < -0.3 is 20.3 Å². The van der Waals surface area contributed by atoms with Crippen LogP contribution < -0.4 is 10.6 Å². The van der Waals surface area contributed by atoms with Crippen LogP contribution in [0.3, 0.4) is 0 Å². The molecule has 0 amide bonds. The smallest absolute Gasteiger partial charge is 0.0948 e. The van der Waals surface area contributed by atoms with E-state index in [1.54, 1.807) is 0 Å². The minimum atomic E-state index is -0.580. The van der Waals surface area contributed by atoms with E-state index in [1.807, 2.05) is 12.5 Å². The summed E-state index contributed by atoms with van der Waals surface area (Å²) in [7, 11) is 0. The van der Waals surface area contributed by atoms with E-state index >= 15 is 0 Å². The Morgan fingerprint density at radius 1 is 1.61 bits per heavy atom. The lowest BCUT2D eigenvalue weighted by Gasteiger charge is -2.22. The molecule has 0 spiro atoms. The average molecular weight is 252 g/mol. The minimum Gasteiger partial charge on any atom is -0.387 e. The fourth-order valence-corrected chi connectivity index (χ4v) is 2.36. The zero-order chi connectivity index (χ0) is 13.0. The highest BCUT2D eigenvalue weighted by molar-refractivity contribution is 4.99. The zero-order valence-corrected chi connectivity index (χ0v) is 11.3. The number of aliphatic hydroxyl groups is 1. The second kappa shape index (κ2) is 5.82. The molecule has 2 heterocycles. The summed E-state index contributed by atoms with van der Waals surface area (Å²) in [5.41, 5.74) is 0.598. The van der Waals surface area contributed by atoms with Crippen LogP contribution in [-0.4, -0.2) is 39.9 Å². The first-order chi connectivity index (χ1) is 8.59. The van der Waals surface area contributed by atoms with Gasteiger partial charge in [-0.15, -0.1) is 0 Å². The van der Waals surface area contributed by atoms with Gasteiger partial charge in [-0.3, -0.25) is 0 Å². The largest absolute Gasteiger partial charge is 0.387 e. The summed E-state index contributed by atoms with van der Waals surface area (Å²) in [6.45, 7) is 8.37. The molecule has 0 bridgehead atoms. The Bertz CT molecular complexity index is 369. The third kappa shape index (κ3) is 3.54. The van der Waals surface area contributed by atoms with Crippen molar-refractivity contribution in [1.29, 1.82) is 0 Å². The summed E-state index contributed by atoms with van der Waals surface area (Å²) >= 11 is 0. The molecule has 5 heteroatoms. The van der Waals surface area contributed by atoms with Crippen LogP contribution in [0.1, 0.15) is 26.0 Å². The van der Waals surface area contributed by atoms with E-state index in [4.69, 9.17) is 0 Å². The summed E-state index contributed by atoms with van der Waals surface area (Å²) in [6.07, 6.45) is 4.60. The molecule has 1 atom stereocenters. The number of imidazole rings is 1. The first-order valence-electron chi connectivity index (χ1n) is 6.72. The molecule has 0 saturated carbocycles. The van der Waals surface area contributed by atoms with Gasteiger partial charge in [-0.25, -0.2) is 4.98 Å². The topological polar surface area (TPSA) is 62.1 Å². The van der Waals surface area contributed by atoms with Gasteiger partial charge in [-0.2, -0.15) is 0 Å². The molecule has 102 valence electrons. The number of rotatable bonds is 6. The van der Waals surface area contributed by atoms with Gasteiger partial charge in [-0.05, 0) is 18.9 Å². The molecular weight excluding hydrogens is 228 g/mol. The number of hydrogen-bond donors (Lipinski definition) is 3. The van der Waals surface area contributed by atoms with Crippen molar-refractivity contribution < 1.29 is 5.11 Å². The number of nitrogens with zero attached hydrogens (tertiary/aromatic N) is 2. The lowest BCUT2D eigenvalue weighted by Crippen LogP contribution is -2.42. The number of hydrogen-bond acceptors (Lipinski definition) is 4. The van der Waals surface area contributed by atoms with Crippen LogP contribution in [0.5, 0.6) is 0 Å². The predicted molar refractivity (Wildman–Crippen MR) is 71.2 cm³/mol. The van der Waals surface area contributed by atoms with Gasteiger partial charge in [0.05, 0.1) is 17.6 Å². The first kappa shape index (κ1) is 13.5. The van der Waals surface area contributed by atoms with Crippen molar-refractivity contribution in [1.82, 2.24) is 20.2 Å². The first-order valence-corrected chi connectivity index (χ1v) is 6.72. The van der Waals surface area contributed by atoms with Crippen LogP contribution in [0.4, 0.5) is 0 Å². The summed E-state index contributed by atoms with van der Waals surface area (Å²) in [6, 6.07) is 0. The third-order valence-corrected chi connectivity index (χ3v) is 3.34. The molecule has 3 N–H and O–H groups in total. The molecule has 2 rings (SSSR count). The van der Waals surface area contributed by atoms with Crippen LogP contribution >= 0.6 is 0 Å². The van der Waals surface area contributed by atoms with Gasteiger partial charge in [0.25, 0.3) is 0 Å². The van der Waals surface area contributed by atoms with Crippen molar-refractivity contribution in [2.24, 2.45) is 5.92 Å². The van der Waals surface area contributed by atoms with Gasteiger partial charge in [0.2, 0.25) is 0 Å². The maximum Gasteiger partial charge on any atom is 0.0948 e. The molecule has 0 radical (unpaired) electrons. The summed E-state index contributed by atoms with van der Waals surface area (Å²) in [5.74, 6) is 0.612. The summed E-state index contributed by atoms with van der Waals surface area (Å²) < 4.78 is 2.18. The molecule has 1 aromatic heterocycles. The molecule has 1 aliphatic rings. The normalized spacial score (nSPS) is 24.0. The molecule has 0 aliphatic carbocycles. The SMILES string of the molecule is CC(C)Cn1cncc1CNCC1(O)CCNC1. The maximum atomic E-state index is 10.2. The predicted octanol–water partition coefficient (Wildman–Crippen LogP) is 0.353. The Hall–Kier alpha value is -0.910. The van der Waals surface area contributed by atoms with Crippen LogP contribution in [-0.2, 0) is 13.1 Å². The van der Waals surface area contributed by atoms with Crippen molar-refractivity contribution in [2.75, 3.05) is 19.6 Å². The quantitative estimate of drug-likeness (QED) is 0.684. The molecule has 1 aromatic rings. The Morgan fingerprint density at radius 3 is 3.11 bits per heavy atom. The lowest BCUT2D eigenvalue weighted by atomic mass is 10.0. The van der Waals surface area contributed by atoms with Crippen molar-refractivity contribution in [3.05, 3.63) is 18.2 Å². The van der Waals surface area contributed by atoms with Gasteiger partial charge in [0, 0.05) is 32.4 Å². The second-order valence-electron chi connectivity index (χ2n) is 5.69. The zero-order valence-electron chi connectivity index (χ0n) is 11.3. The molecule has 5 nitrogen and oxygen atoms in total. The molecule has 1 unspecified atom stereocenters. The maximum absolute atomic E-state index is 10.2. The van der Waals surface area contributed by atoms with Gasteiger partial charge in [-0.1, -0.05) is 13.8 Å². The minimum absolute atomic E-state index is 0.580. The molecule has 1 fully saturated rings. The Balaban J connectivity index is 1.81.